The maximum absolute atomic E-state index is 13.5. The molecule has 3 aromatic heterocycles. The van der Waals surface area contributed by atoms with Crippen molar-refractivity contribution in [2.24, 2.45) is 5.92 Å². The molecule has 2 aliphatic rings. The van der Waals surface area contributed by atoms with Crippen molar-refractivity contribution in [3.8, 4) is 5.75 Å². The van der Waals surface area contributed by atoms with Gasteiger partial charge in [0.05, 0.1) is 36.1 Å². The SMILES string of the molecule is CCOc1cc(C(=O)N2CCN(c3cccnc3)CC2)ccc1Nc1cc2c(cn1)CC(C)CC(=O)c1occc1N2C. The number of hydrogen-bond donors (Lipinski definition) is 1. The smallest absolute Gasteiger partial charge is 0.254 e. The van der Waals surface area contributed by atoms with Crippen LogP contribution in [0.3, 0.4) is 0 Å². The third kappa shape index (κ3) is 5.90. The predicted octanol–water partition coefficient (Wildman–Crippen LogP) is 5.71. The van der Waals surface area contributed by atoms with E-state index in [2.05, 4.69) is 22.1 Å². The van der Waals surface area contributed by atoms with Gasteiger partial charge in [-0.1, -0.05) is 6.92 Å². The summed E-state index contributed by atoms with van der Waals surface area (Å²) in [5, 5.41) is 3.40. The van der Waals surface area contributed by atoms with Gasteiger partial charge >= 0.3 is 0 Å². The highest BCUT2D eigenvalue weighted by atomic mass is 16.5. The number of amides is 1. The lowest BCUT2D eigenvalue weighted by molar-refractivity contribution is 0.0746. The van der Waals surface area contributed by atoms with Crippen molar-refractivity contribution in [3.63, 3.8) is 0 Å². The molecule has 1 N–H and O–H groups in total. The van der Waals surface area contributed by atoms with Crippen LogP contribution in [-0.2, 0) is 6.42 Å². The van der Waals surface area contributed by atoms with E-state index in [-0.39, 0.29) is 17.6 Å². The zero-order valence-electron chi connectivity index (χ0n) is 24.7. The number of carbonyl (C=O) groups is 2. The lowest BCUT2D eigenvalue weighted by Crippen LogP contribution is -2.48. The number of rotatable bonds is 6. The second-order valence-corrected chi connectivity index (χ2v) is 11.1. The molecule has 1 unspecified atom stereocenters. The second-order valence-electron chi connectivity index (χ2n) is 11.1. The molecule has 0 spiro atoms. The normalized spacial score (nSPS) is 17.0. The predicted molar refractivity (Wildman–Crippen MR) is 166 cm³/mol. The van der Waals surface area contributed by atoms with Gasteiger partial charge in [0.25, 0.3) is 5.91 Å². The van der Waals surface area contributed by atoms with Crippen LogP contribution in [0.15, 0.2) is 71.7 Å². The molecule has 1 fully saturated rings. The first kappa shape index (κ1) is 28.3. The van der Waals surface area contributed by atoms with Gasteiger partial charge in [0, 0.05) is 75.4 Å². The average Bonchev–Trinajstić information content (AvgIpc) is 3.53. The molecule has 222 valence electrons. The number of nitrogens with zero attached hydrogens (tertiary/aromatic N) is 5. The lowest BCUT2D eigenvalue weighted by Gasteiger charge is -2.36. The Balaban J connectivity index is 1.22. The van der Waals surface area contributed by atoms with E-state index in [1.807, 2.05) is 72.6 Å². The number of hydrogen-bond acceptors (Lipinski definition) is 9. The summed E-state index contributed by atoms with van der Waals surface area (Å²) >= 11 is 0. The Bertz CT molecular complexity index is 1610. The van der Waals surface area contributed by atoms with Crippen LogP contribution in [0.25, 0.3) is 0 Å². The molecule has 6 rings (SSSR count). The minimum atomic E-state index is -0.0187. The van der Waals surface area contributed by atoms with Gasteiger partial charge in [0.2, 0.25) is 0 Å². The van der Waals surface area contributed by atoms with Crippen molar-refractivity contribution in [3.05, 3.63) is 84.2 Å². The summed E-state index contributed by atoms with van der Waals surface area (Å²) in [4.78, 5) is 41.3. The molecule has 5 heterocycles. The van der Waals surface area contributed by atoms with E-state index in [0.29, 0.717) is 54.7 Å². The van der Waals surface area contributed by atoms with E-state index >= 15 is 0 Å². The number of carbonyl (C=O) groups excluding carboxylic acids is 2. The number of ketones is 1. The average molecular weight is 581 g/mol. The summed E-state index contributed by atoms with van der Waals surface area (Å²) in [6.07, 6.45) is 8.18. The van der Waals surface area contributed by atoms with Gasteiger partial charge in [-0.05, 0) is 55.2 Å². The molecule has 2 aliphatic heterocycles. The number of ether oxygens (including phenoxy) is 1. The topological polar surface area (TPSA) is 104 Å². The van der Waals surface area contributed by atoms with E-state index in [4.69, 9.17) is 14.1 Å². The largest absolute Gasteiger partial charge is 0.492 e. The van der Waals surface area contributed by atoms with Crippen LogP contribution in [0.2, 0.25) is 0 Å². The molecule has 1 atom stereocenters. The number of furan rings is 1. The third-order valence-corrected chi connectivity index (χ3v) is 8.05. The lowest BCUT2D eigenvalue weighted by atomic mass is 9.96. The van der Waals surface area contributed by atoms with E-state index < -0.39 is 0 Å². The van der Waals surface area contributed by atoms with E-state index in [1.165, 1.54) is 0 Å². The number of piperazine rings is 1. The van der Waals surface area contributed by atoms with Gasteiger partial charge in [-0.2, -0.15) is 0 Å². The Kier molecular flexibility index (Phi) is 8.00. The molecule has 0 bridgehead atoms. The fourth-order valence-electron chi connectivity index (χ4n) is 5.84. The molecule has 0 radical (unpaired) electrons. The molecule has 4 aromatic rings. The van der Waals surface area contributed by atoms with Crippen molar-refractivity contribution in [2.75, 3.05) is 55.0 Å². The highest BCUT2D eigenvalue weighted by Gasteiger charge is 2.27. The highest BCUT2D eigenvalue weighted by molar-refractivity contribution is 6.00. The van der Waals surface area contributed by atoms with E-state index in [0.717, 1.165) is 42.1 Å². The van der Waals surface area contributed by atoms with Gasteiger partial charge in [-0.15, -0.1) is 0 Å². The van der Waals surface area contributed by atoms with Gasteiger partial charge in [0.1, 0.15) is 11.6 Å². The third-order valence-electron chi connectivity index (χ3n) is 8.05. The minimum Gasteiger partial charge on any atom is -0.492 e. The van der Waals surface area contributed by atoms with Crippen LogP contribution in [0.4, 0.5) is 28.6 Å². The molecule has 43 heavy (non-hydrogen) atoms. The molecule has 0 aliphatic carbocycles. The molecular weight excluding hydrogens is 544 g/mol. The molecule has 1 aromatic carbocycles. The van der Waals surface area contributed by atoms with Crippen LogP contribution < -0.4 is 19.9 Å². The number of nitrogens with one attached hydrogen (secondary N) is 1. The van der Waals surface area contributed by atoms with Crippen molar-refractivity contribution < 1.29 is 18.7 Å². The summed E-state index contributed by atoms with van der Waals surface area (Å²) in [7, 11) is 1.93. The molecule has 10 heteroatoms. The first-order chi connectivity index (χ1) is 20.9. The van der Waals surface area contributed by atoms with Gasteiger partial charge in [-0.25, -0.2) is 4.98 Å². The summed E-state index contributed by atoms with van der Waals surface area (Å²) in [5.41, 5.74) is 5.09. The highest BCUT2D eigenvalue weighted by Crippen LogP contribution is 2.37. The molecule has 1 amide bonds. The van der Waals surface area contributed by atoms with Crippen molar-refractivity contribution in [1.82, 2.24) is 14.9 Å². The first-order valence-corrected chi connectivity index (χ1v) is 14.7. The number of pyridine rings is 2. The van der Waals surface area contributed by atoms with E-state index in [9.17, 15) is 9.59 Å². The minimum absolute atomic E-state index is 0.00447. The van der Waals surface area contributed by atoms with Gasteiger partial charge < -0.3 is 29.2 Å². The standard InChI is InChI=1S/C33H36N6O4/c1-4-42-30-18-23(33(41)39-13-11-38(12-14-39)25-6-5-10-34-21-25)7-8-26(30)36-31-19-28-24(20-35-31)16-22(2)17-29(40)32-27(37(28)3)9-15-43-32/h5-10,15,18-22H,4,11-14,16-17H2,1-3H3,(H,35,36). The Labute approximate surface area is 251 Å². The maximum Gasteiger partial charge on any atom is 0.254 e. The maximum atomic E-state index is 13.5. The second kappa shape index (κ2) is 12.2. The summed E-state index contributed by atoms with van der Waals surface area (Å²) < 4.78 is 11.6. The summed E-state index contributed by atoms with van der Waals surface area (Å²) in [6.45, 7) is 7.20. The van der Waals surface area contributed by atoms with Crippen LogP contribution in [0.5, 0.6) is 5.75 Å². The molecule has 0 saturated carbocycles. The van der Waals surface area contributed by atoms with Crippen LogP contribution in [0, 0.1) is 5.92 Å². The fourth-order valence-corrected chi connectivity index (χ4v) is 5.84. The van der Waals surface area contributed by atoms with Crippen LogP contribution >= 0.6 is 0 Å². The van der Waals surface area contributed by atoms with Crippen LogP contribution in [-0.4, -0.2) is 66.4 Å². The monoisotopic (exact) mass is 580 g/mol. The van der Waals surface area contributed by atoms with Gasteiger partial charge in [-0.3, -0.25) is 14.6 Å². The summed E-state index contributed by atoms with van der Waals surface area (Å²) in [5.74, 6) is 1.72. The zero-order chi connectivity index (χ0) is 29.9. The van der Waals surface area contributed by atoms with E-state index in [1.54, 1.807) is 18.5 Å². The Morgan fingerprint density at radius 3 is 2.67 bits per heavy atom. The van der Waals surface area contributed by atoms with Crippen LogP contribution in [0.1, 0.15) is 46.7 Å². The summed E-state index contributed by atoms with van der Waals surface area (Å²) in [6, 6.07) is 13.3. The molecular formula is C33H36N6O4. The first-order valence-electron chi connectivity index (χ1n) is 14.7. The van der Waals surface area contributed by atoms with Crippen molar-refractivity contribution >= 4 is 40.3 Å². The number of anilines is 5. The Morgan fingerprint density at radius 1 is 1.07 bits per heavy atom. The molecule has 10 nitrogen and oxygen atoms in total. The fraction of sp³-hybridized carbons (Fsp3) is 0.333. The molecule has 1 saturated heterocycles. The van der Waals surface area contributed by atoms with Crippen molar-refractivity contribution in [2.45, 2.75) is 26.7 Å². The zero-order valence-corrected chi connectivity index (χ0v) is 24.7. The number of aromatic nitrogens is 2. The van der Waals surface area contributed by atoms with Crippen molar-refractivity contribution in [1.29, 1.82) is 0 Å². The number of fused-ring (bicyclic) bond motifs is 2. The number of Topliss-reactive ketones (excluding diaryl/α,β-unsaturated/α-hetero) is 1. The quantitative estimate of drug-likeness (QED) is 0.307. The number of benzene rings is 1. The Morgan fingerprint density at radius 2 is 1.91 bits per heavy atom. The van der Waals surface area contributed by atoms with Gasteiger partial charge in [0.15, 0.2) is 11.5 Å². The Hall–Kier alpha value is -4.86.